The van der Waals surface area contributed by atoms with Gasteiger partial charge in [-0.05, 0) is 14.0 Å². The van der Waals surface area contributed by atoms with Crippen molar-refractivity contribution in [1.29, 1.82) is 0 Å². The maximum atomic E-state index is 13.1. The number of hydrogen-bond acceptors (Lipinski definition) is 6. The van der Waals surface area contributed by atoms with Crippen LogP contribution in [0.1, 0.15) is 35.6 Å². The van der Waals surface area contributed by atoms with Crippen LogP contribution in [-0.2, 0) is 17.8 Å². The quantitative estimate of drug-likeness (QED) is 0.826. The van der Waals surface area contributed by atoms with Gasteiger partial charge in [-0.25, -0.2) is 15.0 Å². The van der Waals surface area contributed by atoms with Crippen LogP contribution in [-0.4, -0.2) is 62.8 Å². The summed E-state index contributed by atoms with van der Waals surface area (Å²) in [6, 6.07) is 0. The average molecular weight is 357 g/mol. The van der Waals surface area contributed by atoms with Crippen molar-refractivity contribution < 1.29 is 4.79 Å². The molecule has 0 aliphatic carbocycles. The molecule has 1 fully saturated rings. The molecule has 0 spiro atoms. The van der Waals surface area contributed by atoms with Gasteiger partial charge in [-0.15, -0.1) is 0 Å². The Bertz CT molecular complexity index is 770. The van der Waals surface area contributed by atoms with Gasteiger partial charge in [-0.1, -0.05) is 6.92 Å². The Balaban J connectivity index is 1.77. The van der Waals surface area contributed by atoms with Gasteiger partial charge in [0.1, 0.15) is 5.82 Å². The summed E-state index contributed by atoms with van der Waals surface area (Å²) < 4.78 is 0. The minimum absolute atomic E-state index is 0.105. The Morgan fingerprint density at radius 2 is 2.08 bits per heavy atom. The summed E-state index contributed by atoms with van der Waals surface area (Å²) in [6.07, 6.45) is 4.19. The zero-order chi connectivity index (χ0) is 18.8. The van der Waals surface area contributed by atoms with E-state index in [2.05, 4.69) is 33.8 Å². The maximum absolute atomic E-state index is 13.1. The molecule has 3 rings (SSSR count). The van der Waals surface area contributed by atoms with Crippen molar-refractivity contribution in [2.45, 2.75) is 32.7 Å². The predicted molar refractivity (Wildman–Crippen MR) is 99.3 cm³/mol. The van der Waals surface area contributed by atoms with E-state index >= 15 is 0 Å². The Labute approximate surface area is 153 Å². The number of imidazole rings is 1. The molecule has 1 aliphatic rings. The number of carbonyl (C=O) groups excluding carboxylic acids is 1. The normalized spacial score (nSPS) is 20.5. The highest BCUT2D eigenvalue weighted by Gasteiger charge is 2.40. The van der Waals surface area contributed by atoms with Crippen LogP contribution in [0.5, 0.6) is 0 Å². The standard InChI is InChI=1S/C18H27N7O/c1-5-15-22-11(2)16(23-15)13-9-24(3)10-14(13)17(26)25(4)8-12-6-20-18(19)21-7-12/h6-7,13-14H,5,8-10H2,1-4H3,(H,22,23)(H2,19,20,21)/t13-,14-/m0/s1. The van der Waals surface area contributed by atoms with E-state index in [0.717, 1.165) is 42.3 Å². The summed E-state index contributed by atoms with van der Waals surface area (Å²) >= 11 is 0. The zero-order valence-electron chi connectivity index (χ0n) is 15.9. The Hall–Kier alpha value is -2.48. The van der Waals surface area contributed by atoms with Gasteiger partial charge in [0.15, 0.2) is 0 Å². The van der Waals surface area contributed by atoms with Gasteiger partial charge in [0.2, 0.25) is 11.9 Å². The number of H-pyrrole nitrogens is 1. The van der Waals surface area contributed by atoms with Crippen LogP contribution in [0, 0.1) is 12.8 Å². The fourth-order valence-corrected chi connectivity index (χ4v) is 3.68. The number of nitrogen functional groups attached to an aromatic ring is 1. The second-order valence-electron chi connectivity index (χ2n) is 7.13. The van der Waals surface area contributed by atoms with Crippen molar-refractivity contribution in [3.8, 4) is 0 Å². The average Bonchev–Trinajstić information content (AvgIpc) is 3.18. The lowest BCUT2D eigenvalue weighted by atomic mass is 9.90. The molecule has 8 heteroatoms. The number of likely N-dealkylation sites (tertiary alicyclic amines) is 1. The van der Waals surface area contributed by atoms with Crippen molar-refractivity contribution in [3.63, 3.8) is 0 Å². The first-order valence-corrected chi connectivity index (χ1v) is 8.94. The first kappa shape index (κ1) is 18.3. The second-order valence-corrected chi connectivity index (χ2v) is 7.13. The third-order valence-corrected chi connectivity index (χ3v) is 5.00. The predicted octanol–water partition coefficient (Wildman–Crippen LogP) is 0.957. The number of hydrogen-bond donors (Lipinski definition) is 2. The zero-order valence-corrected chi connectivity index (χ0v) is 15.9. The molecule has 2 atom stereocenters. The van der Waals surface area contributed by atoms with E-state index in [-0.39, 0.29) is 23.7 Å². The van der Waals surface area contributed by atoms with Crippen molar-refractivity contribution in [2.24, 2.45) is 5.92 Å². The molecule has 2 aromatic rings. The highest BCUT2D eigenvalue weighted by atomic mass is 16.2. The minimum atomic E-state index is -0.105. The van der Waals surface area contributed by atoms with E-state index in [4.69, 9.17) is 10.7 Å². The molecule has 1 amide bonds. The van der Waals surface area contributed by atoms with Crippen LogP contribution >= 0.6 is 0 Å². The van der Waals surface area contributed by atoms with Crippen LogP contribution in [0.4, 0.5) is 5.95 Å². The molecule has 0 radical (unpaired) electrons. The lowest BCUT2D eigenvalue weighted by molar-refractivity contribution is -0.134. The van der Waals surface area contributed by atoms with Gasteiger partial charge in [-0.2, -0.15) is 0 Å². The first-order valence-electron chi connectivity index (χ1n) is 8.94. The topological polar surface area (TPSA) is 104 Å². The number of nitrogens with zero attached hydrogens (tertiary/aromatic N) is 5. The Morgan fingerprint density at radius 3 is 2.69 bits per heavy atom. The summed E-state index contributed by atoms with van der Waals surface area (Å²) in [4.78, 5) is 33.1. The number of carbonyl (C=O) groups is 1. The van der Waals surface area contributed by atoms with E-state index in [1.165, 1.54) is 0 Å². The third-order valence-electron chi connectivity index (χ3n) is 5.00. The summed E-state index contributed by atoms with van der Waals surface area (Å²) in [6.45, 7) is 6.15. The van der Waals surface area contributed by atoms with Gasteiger partial charge < -0.3 is 20.5 Å². The number of anilines is 1. The monoisotopic (exact) mass is 357 g/mol. The van der Waals surface area contributed by atoms with E-state index in [1.807, 2.05) is 14.0 Å². The fourth-order valence-electron chi connectivity index (χ4n) is 3.68. The van der Waals surface area contributed by atoms with Crippen LogP contribution in [0.3, 0.4) is 0 Å². The lowest BCUT2D eigenvalue weighted by Crippen LogP contribution is -2.36. The molecule has 0 unspecified atom stereocenters. The summed E-state index contributed by atoms with van der Waals surface area (Å²) in [5, 5.41) is 0. The molecule has 1 aliphatic heterocycles. The fraction of sp³-hybridized carbons (Fsp3) is 0.556. The molecule has 0 bridgehead atoms. The Morgan fingerprint density at radius 1 is 1.38 bits per heavy atom. The van der Waals surface area contributed by atoms with Crippen LogP contribution in [0.2, 0.25) is 0 Å². The molecule has 1 saturated heterocycles. The van der Waals surface area contributed by atoms with Crippen LogP contribution in [0.25, 0.3) is 0 Å². The number of aromatic amines is 1. The van der Waals surface area contributed by atoms with E-state index in [9.17, 15) is 4.79 Å². The number of aromatic nitrogens is 4. The van der Waals surface area contributed by atoms with Gasteiger partial charge in [0, 0.05) is 62.7 Å². The minimum Gasteiger partial charge on any atom is -0.368 e. The second kappa shape index (κ2) is 7.41. The highest BCUT2D eigenvalue weighted by molar-refractivity contribution is 5.80. The van der Waals surface area contributed by atoms with Gasteiger partial charge in [-0.3, -0.25) is 4.79 Å². The highest BCUT2D eigenvalue weighted by Crippen LogP contribution is 2.34. The van der Waals surface area contributed by atoms with Crippen molar-refractivity contribution in [3.05, 3.63) is 35.2 Å². The first-order chi connectivity index (χ1) is 12.4. The summed E-state index contributed by atoms with van der Waals surface area (Å²) in [5.41, 5.74) is 8.47. The van der Waals surface area contributed by atoms with Crippen LogP contribution < -0.4 is 5.73 Å². The largest absolute Gasteiger partial charge is 0.368 e. The molecular weight excluding hydrogens is 330 g/mol. The van der Waals surface area contributed by atoms with Crippen molar-refractivity contribution in [2.75, 3.05) is 32.9 Å². The third kappa shape index (κ3) is 3.70. The molecule has 8 nitrogen and oxygen atoms in total. The molecule has 2 aromatic heterocycles. The molecule has 26 heavy (non-hydrogen) atoms. The number of rotatable bonds is 5. The molecule has 3 heterocycles. The SMILES string of the molecule is CCc1nc([C@H]2CN(C)C[C@@H]2C(=O)N(C)Cc2cnc(N)nc2)c(C)[nH]1. The van der Waals surface area contributed by atoms with Gasteiger partial charge in [0.25, 0.3) is 0 Å². The van der Waals surface area contributed by atoms with E-state index < -0.39 is 0 Å². The molecule has 0 aromatic carbocycles. The number of aryl methyl sites for hydroxylation is 2. The van der Waals surface area contributed by atoms with E-state index in [1.54, 1.807) is 17.3 Å². The lowest BCUT2D eigenvalue weighted by Gasteiger charge is -2.24. The smallest absolute Gasteiger partial charge is 0.227 e. The molecule has 3 N–H and O–H groups in total. The Kier molecular flexibility index (Phi) is 5.22. The maximum Gasteiger partial charge on any atom is 0.227 e. The molecule has 0 saturated carbocycles. The van der Waals surface area contributed by atoms with Gasteiger partial charge in [0.05, 0.1) is 11.6 Å². The number of nitrogens with two attached hydrogens (primary N) is 1. The van der Waals surface area contributed by atoms with Crippen molar-refractivity contribution in [1.82, 2.24) is 29.7 Å². The summed E-state index contributed by atoms with van der Waals surface area (Å²) in [5.74, 6) is 1.34. The van der Waals surface area contributed by atoms with Crippen molar-refractivity contribution >= 4 is 11.9 Å². The number of amides is 1. The summed E-state index contributed by atoms with van der Waals surface area (Å²) in [7, 11) is 3.87. The van der Waals surface area contributed by atoms with Gasteiger partial charge >= 0.3 is 0 Å². The number of nitrogens with one attached hydrogen (secondary N) is 1. The number of likely N-dealkylation sites (N-methyl/N-ethyl adjacent to an activating group) is 1. The van der Waals surface area contributed by atoms with E-state index in [0.29, 0.717) is 6.54 Å². The van der Waals surface area contributed by atoms with Crippen LogP contribution in [0.15, 0.2) is 12.4 Å². The molecular formula is C18H27N7O. The molecule has 140 valence electrons.